The van der Waals surface area contributed by atoms with Crippen molar-refractivity contribution in [2.24, 2.45) is 4.99 Å². The molecule has 1 aliphatic rings. The number of piperazine rings is 1. The van der Waals surface area contributed by atoms with Crippen LogP contribution in [0.1, 0.15) is 6.92 Å². The minimum Gasteiger partial charge on any atom is -0.368 e. The van der Waals surface area contributed by atoms with Gasteiger partial charge in [0.25, 0.3) is 0 Å². The summed E-state index contributed by atoms with van der Waals surface area (Å²) in [4.78, 5) is 13.5. The van der Waals surface area contributed by atoms with Crippen molar-refractivity contribution in [3.8, 4) is 0 Å². The Morgan fingerprint density at radius 1 is 1.27 bits per heavy atom. The van der Waals surface area contributed by atoms with Gasteiger partial charge in [0.1, 0.15) is 0 Å². The summed E-state index contributed by atoms with van der Waals surface area (Å²) in [5.41, 5.74) is 1.19. The van der Waals surface area contributed by atoms with E-state index in [1.165, 1.54) is 5.69 Å². The van der Waals surface area contributed by atoms with Crippen molar-refractivity contribution in [3.05, 3.63) is 48.0 Å². The minimum absolute atomic E-state index is 0. The molecule has 0 radical (unpaired) electrons. The highest BCUT2D eigenvalue weighted by Gasteiger charge is 2.19. The molecule has 0 bridgehead atoms. The number of halogens is 2. The second kappa shape index (κ2) is 10.6. The van der Waals surface area contributed by atoms with Gasteiger partial charge in [-0.1, -0.05) is 17.7 Å². The number of anilines is 1. The van der Waals surface area contributed by atoms with Crippen LogP contribution in [0, 0.1) is 0 Å². The van der Waals surface area contributed by atoms with Gasteiger partial charge in [0.15, 0.2) is 5.96 Å². The minimum atomic E-state index is 0. The molecule has 142 valence electrons. The normalized spacial score (nSPS) is 14.9. The lowest BCUT2D eigenvalue weighted by atomic mass is 10.2. The molecule has 1 aliphatic heterocycles. The third kappa shape index (κ3) is 5.77. The molecule has 0 unspecified atom stereocenters. The van der Waals surface area contributed by atoms with Crippen molar-refractivity contribution in [2.45, 2.75) is 13.5 Å². The van der Waals surface area contributed by atoms with Crippen LogP contribution < -0.4 is 10.2 Å². The monoisotopic (exact) mass is 488 g/mol. The predicted molar refractivity (Wildman–Crippen MR) is 119 cm³/mol. The van der Waals surface area contributed by atoms with Crippen LogP contribution in [-0.2, 0) is 6.54 Å². The van der Waals surface area contributed by atoms with Crippen molar-refractivity contribution >= 4 is 47.2 Å². The Balaban J connectivity index is 0.00000243. The number of benzene rings is 1. The third-order valence-electron chi connectivity index (χ3n) is 4.27. The molecule has 1 N–H and O–H groups in total. The summed E-state index contributed by atoms with van der Waals surface area (Å²) in [6.45, 7) is 8.39. The van der Waals surface area contributed by atoms with E-state index in [9.17, 15) is 0 Å². The highest BCUT2D eigenvalue weighted by molar-refractivity contribution is 14.0. The van der Waals surface area contributed by atoms with Gasteiger partial charge in [-0.05, 0) is 25.1 Å². The predicted octanol–water partition coefficient (Wildman–Crippen LogP) is 2.94. The highest BCUT2D eigenvalue weighted by Crippen LogP contribution is 2.20. The molecular formula is C18H26ClIN6. The molecule has 0 amide bonds. The van der Waals surface area contributed by atoms with Gasteiger partial charge in [0.05, 0.1) is 12.9 Å². The van der Waals surface area contributed by atoms with Gasteiger partial charge in [0, 0.05) is 62.4 Å². The van der Waals surface area contributed by atoms with Crippen molar-refractivity contribution in [1.29, 1.82) is 0 Å². The van der Waals surface area contributed by atoms with Crippen LogP contribution >= 0.6 is 35.6 Å². The van der Waals surface area contributed by atoms with Crippen LogP contribution in [0.5, 0.6) is 0 Å². The van der Waals surface area contributed by atoms with E-state index in [2.05, 4.69) is 33.1 Å². The summed E-state index contributed by atoms with van der Waals surface area (Å²) in [5.74, 6) is 0.994. The topological polar surface area (TPSA) is 48.7 Å². The average Bonchev–Trinajstić information content (AvgIpc) is 3.15. The molecule has 26 heavy (non-hydrogen) atoms. The van der Waals surface area contributed by atoms with Gasteiger partial charge in [-0.3, -0.25) is 4.99 Å². The van der Waals surface area contributed by atoms with E-state index < -0.39 is 0 Å². The maximum Gasteiger partial charge on any atom is 0.194 e. The van der Waals surface area contributed by atoms with E-state index in [0.717, 1.165) is 56.8 Å². The zero-order valence-electron chi connectivity index (χ0n) is 15.0. The zero-order valence-corrected chi connectivity index (χ0v) is 18.1. The summed E-state index contributed by atoms with van der Waals surface area (Å²) >= 11 is 6.11. The van der Waals surface area contributed by atoms with Gasteiger partial charge in [-0.2, -0.15) is 0 Å². The largest absolute Gasteiger partial charge is 0.368 e. The third-order valence-corrected chi connectivity index (χ3v) is 4.50. The number of hydrogen-bond acceptors (Lipinski definition) is 3. The summed E-state index contributed by atoms with van der Waals surface area (Å²) in [7, 11) is 0. The van der Waals surface area contributed by atoms with Gasteiger partial charge in [-0.25, -0.2) is 4.98 Å². The van der Waals surface area contributed by atoms with Gasteiger partial charge in [0.2, 0.25) is 0 Å². The SMILES string of the molecule is CCNC(=NCCn1ccnc1)N1CCN(c2cccc(Cl)c2)CC1.I. The molecule has 2 heterocycles. The van der Waals surface area contributed by atoms with E-state index in [4.69, 9.17) is 16.6 Å². The Hall–Kier alpha value is -1.48. The maximum absolute atomic E-state index is 6.11. The number of rotatable bonds is 5. The number of imidazole rings is 1. The Morgan fingerprint density at radius 2 is 2.08 bits per heavy atom. The Morgan fingerprint density at radius 3 is 2.73 bits per heavy atom. The average molecular weight is 489 g/mol. The number of hydrogen-bond donors (Lipinski definition) is 1. The lowest BCUT2D eigenvalue weighted by molar-refractivity contribution is 0.372. The van der Waals surface area contributed by atoms with Gasteiger partial charge >= 0.3 is 0 Å². The van der Waals surface area contributed by atoms with Crippen LogP contribution in [0.25, 0.3) is 0 Å². The van der Waals surface area contributed by atoms with Gasteiger partial charge in [-0.15, -0.1) is 24.0 Å². The molecule has 1 aromatic heterocycles. The molecule has 6 nitrogen and oxygen atoms in total. The van der Waals surface area contributed by atoms with Crippen LogP contribution in [-0.4, -0.2) is 59.7 Å². The number of aliphatic imine (C=N–C) groups is 1. The summed E-state index contributed by atoms with van der Waals surface area (Å²) in [6.07, 6.45) is 5.59. The quantitative estimate of drug-likeness (QED) is 0.399. The van der Waals surface area contributed by atoms with Crippen molar-refractivity contribution in [1.82, 2.24) is 19.8 Å². The Labute approximate surface area is 177 Å². The standard InChI is InChI=1S/C18H25ClN6.HI/c1-2-21-18(22-7-9-23-8-6-20-15-23)25-12-10-24(11-13-25)17-5-3-4-16(19)14-17;/h3-6,8,14-15H,2,7,9-13H2,1H3,(H,21,22);1H. The molecule has 0 saturated carbocycles. The van der Waals surface area contributed by atoms with Crippen LogP contribution in [0.2, 0.25) is 5.02 Å². The van der Waals surface area contributed by atoms with Crippen LogP contribution in [0.15, 0.2) is 48.0 Å². The van der Waals surface area contributed by atoms with E-state index in [-0.39, 0.29) is 24.0 Å². The number of guanidine groups is 1. The molecule has 0 aliphatic carbocycles. The summed E-state index contributed by atoms with van der Waals surface area (Å²) in [6, 6.07) is 8.07. The number of aromatic nitrogens is 2. The van der Waals surface area contributed by atoms with Gasteiger partial charge < -0.3 is 19.7 Å². The van der Waals surface area contributed by atoms with Crippen molar-refractivity contribution < 1.29 is 0 Å². The van der Waals surface area contributed by atoms with Crippen molar-refractivity contribution in [3.63, 3.8) is 0 Å². The van der Waals surface area contributed by atoms with E-state index >= 15 is 0 Å². The zero-order chi connectivity index (χ0) is 17.5. The molecular weight excluding hydrogens is 463 g/mol. The van der Waals surface area contributed by atoms with Crippen LogP contribution in [0.3, 0.4) is 0 Å². The van der Waals surface area contributed by atoms with Crippen molar-refractivity contribution in [2.75, 3.05) is 44.2 Å². The molecule has 2 aromatic rings. The molecule has 8 heteroatoms. The van der Waals surface area contributed by atoms with E-state index in [0.29, 0.717) is 0 Å². The molecule has 1 fully saturated rings. The fraction of sp³-hybridized carbons (Fsp3) is 0.444. The summed E-state index contributed by atoms with van der Waals surface area (Å²) in [5, 5.41) is 4.19. The molecule has 3 rings (SSSR count). The number of nitrogens with zero attached hydrogens (tertiary/aromatic N) is 5. The Bertz CT molecular complexity index is 683. The van der Waals surface area contributed by atoms with E-state index in [1.807, 2.05) is 35.3 Å². The summed E-state index contributed by atoms with van der Waals surface area (Å²) < 4.78 is 2.05. The number of nitrogens with one attached hydrogen (secondary N) is 1. The maximum atomic E-state index is 6.11. The Kier molecular flexibility index (Phi) is 8.50. The molecule has 1 aromatic carbocycles. The molecule has 0 atom stereocenters. The molecule has 1 saturated heterocycles. The first-order valence-electron chi connectivity index (χ1n) is 8.76. The highest BCUT2D eigenvalue weighted by atomic mass is 127. The lowest BCUT2D eigenvalue weighted by Gasteiger charge is -2.37. The first-order chi connectivity index (χ1) is 12.3. The second-order valence-corrected chi connectivity index (χ2v) is 6.43. The fourth-order valence-corrected chi connectivity index (χ4v) is 3.15. The fourth-order valence-electron chi connectivity index (χ4n) is 2.97. The smallest absolute Gasteiger partial charge is 0.194 e. The second-order valence-electron chi connectivity index (χ2n) is 5.99. The van der Waals surface area contributed by atoms with Crippen LogP contribution in [0.4, 0.5) is 5.69 Å². The lowest BCUT2D eigenvalue weighted by Crippen LogP contribution is -2.52. The first-order valence-corrected chi connectivity index (χ1v) is 9.13. The molecule has 0 spiro atoms. The first kappa shape index (κ1) is 20.8. The van der Waals surface area contributed by atoms with E-state index in [1.54, 1.807) is 6.20 Å².